The third kappa shape index (κ3) is 5.06. The van der Waals surface area contributed by atoms with Gasteiger partial charge in [-0.05, 0) is 62.1 Å². The molecule has 0 radical (unpaired) electrons. The van der Waals surface area contributed by atoms with Crippen molar-refractivity contribution in [2.75, 3.05) is 19.5 Å². The fourth-order valence-corrected chi connectivity index (χ4v) is 4.85. The summed E-state index contributed by atoms with van der Waals surface area (Å²) < 4.78 is 13.8. The van der Waals surface area contributed by atoms with Crippen molar-refractivity contribution >= 4 is 38.1 Å². The number of rotatable bonds is 7. The fourth-order valence-electron chi connectivity index (χ4n) is 3.22. The molecule has 0 bridgehead atoms. The van der Waals surface area contributed by atoms with E-state index in [2.05, 4.69) is 52.4 Å². The van der Waals surface area contributed by atoms with E-state index in [1.165, 1.54) is 5.56 Å². The van der Waals surface area contributed by atoms with Crippen LogP contribution in [0, 0.1) is 0 Å². The maximum absolute atomic E-state index is 5.54. The van der Waals surface area contributed by atoms with Crippen LogP contribution in [-0.4, -0.2) is 19.3 Å². The number of benzene rings is 3. The number of hydrogen-bond donors (Lipinski definition) is 1. The molecule has 8 heteroatoms. The van der Waals surface area contributed by atoms with E-state index in [0.717, 1.165) is 38.0 Å². The molecule has 4 rings (SSSR count). The predicted octanol–water partition coefficient (Wildman–Crippen LogP) is 3.18. The van der Waals surface area contributed by atoms with Gasteiger partial charge in [0.1, 0.15) is 0 Å². The monoisotopic (exact) mass is 531 g/mol. The van der Waals surface area contributed by atoms with E-state index in [4.69, 9.17) is 14.6 Å². The van der Waals surface area contributed by atoms with Gasteiger partial charge in [0.25, 0.3) is 5.13 Å². The summed E-state index contributed by atoms with van der Waals surface area (Å²) in [5.41, 5.74) is 4.25. The number of anilines is 2. The molecule has 1 heterocycles. The molecule has 32 heavy (non-hydrogen) atoms. The number of nitrogens with one attached hydrogen (secondary N) is 1. The zero-order valence-electron chi connectivity index (χ0n) is 17.9. The van der Waals surface area contributed by atoms with Crippen LogP contribution in [0.5, 0.6) is 11.5 Å². The van der Waals surface area contributed by atoms with E-state index in [1.807, 2.05) is 47.1 Å². The normalized spacial score (nSPS) is 10.4. The average molecular weight is 533 g/mol. The van der Waals surface area contributed by atoms with E-state index in [-0.39, 0.29) is 12.4 Å². The van der Waals surface area contributed by atoms with Gasteiger partial charge in [-0.15, -0.1) is 0 Å². The zero-order chi connectivity index (χ0) is 21.8. The molecule has 0 atom stereocenters. The Morgan fingerprint density at radius 3 is 2.25 bits per heavy atom. The van der Waals surface area contributed by atoms with Gasteiger partial charge in [-0.3, -0.25) is 0 Å². The Kier molecular flexibility index (Phi) is 8.12. The molecule has 0 saturated heterocycles. The van der Waals surface area contributed by atoms with Gasteiger partial charge in [-0.25, -0.2) is 0 Å². The Bertz CT molecular complexity index is 1180. The molecule has 0 saturated carbocycles. The van der Waals surface area contributed by atoms with Crippen LogP contribution >= 0.6 is 27.3 Å². The van der Waals surface area contributed by atoms with Crippen LogP contribution in [0.3, 0.4) is 0 Å². The average Bonchev–Trinajstić information content (AvgIpc) is 3.23. The molecule has 1 aromatic heterocycles. The Labute approximate surface area is 206 Å². The summed E-state index contributed by atoms with van der Waals surface area (Å²) in [6.45, 7) is 2.15. The van der Waals surface area contributed by atoms with Crippen molar-refractivity contribution in [2.24, 2.45) is 0 Å². The number of hydrogen-bond acceptors (Lipinski definition) is 5. The highest BCUT2D eigenvalue weighted by atomic mass is 79.9. The SMILES string of the molecule is CCc1ccc(Nc2n[n+](-c3ccccc3)c(-c3cc(OC)c(OC)cc3Br)s2)cc1.[Cl-]. The quantitative estimate of drug-likeness (QED) is 0.372. The van der Waals surface area contributed by atoms with Gasteiger partial charge < -0.3 is 27.2 Å². The third-order valence-electron chi connectivity index (χ3n) is 4.89. The standard InChI is InChI=1S/C24H23BrN3O2S.ClH/c1-4-16-10-12-17(13-11-16)26-24-27-28(18-8-6-5-7-9-18)23(31-24)19-14-21(29-2)22(30-3)15-20(19)25;/h5-15H,4H2,1-3H3,(H,26,27);1H/q+1;/p-1. The first-order valence-corrected chi connectivity index (χ1v) is 11.5. The first-order valence-electron chi connectivity index (χ1n) is 9.89. The molecule has 0 aliphatic carbocycles. The summed E-state index contributed by atoms with van der Waals surface area (Å²) in [7, 11) is 3.27. The van der Waals surface area contributed by atoms with E-state index in [0.29, 0.717) is 11.5 Å². The second-order valence-corrected chi connectivity index (χ2v) is 8.65. The first kappa shape index (κ1) is 24.0. The second-order valence-electron chi connectivity index (χ2n) is 6.82. The number of para-hydroxylation sites is 1. The molecule has 0 unspecified atom stereocenters. The number of methoxy groups -OCH3 is 2. The zero-order valence-corrected chi connectivity index (χ0v) is 21.1. The molecule has 5 nitrogen and oxygen atoms in total. The van der Waals surface area contributed by atoms with Crippen molar-refractivity contribution in [1.82, 2.24) is 5.10 Å². The number of ether oxygens (including phenoxy) is 2. The molecule has 4 aromatic rings. The lowest BCUT2D eigenvalue weighted by Gasteiger charge is -2.09. The second kappa shape index (κ2) is 10.8. The molecule has 0 spiro atoms. The molecule has 1 N–H and O–H groups in total. The van der Waals surface area contributed by atoms with Crippen LogP contribution in [-0.2, 0) is 6.42 Å². The molecule has 3 aromatic carbocycles. The highest BCUT2D eigenvalue weighted by Gasteiger charge is 2.27. The minimum atomic E-state index is 0. The fraction of sp³-hybridized carbons (Fsp3) is 0.167. The molecule has 0 fully saturated rings. The van der Waals surface area contributed by atoms with Crippen molar-refractivity contribution in [2.45, 2.75) is 13.3 Å². The van der Waals surface area contributed by atoms with E-state index >= 15 is 0 Å². The summed E-state index contributed by atoms with van der Waals surface area (Å²) in [5.74, 6) is 1.33. The summed E-state index contributed by atoms with van der Waals surface area (Å²) in [6, 6.07) is 22.4. The van der Waals surface area contributed by atoms with Crippen LogP contribution in [0.4, 0.5) is 10.8 Å². The lowest BCUT2D eigenvalue weighted by atomic mass is 10.1. The molecular weight excluding hydrogens is 510 g/mol. The number of halogens is 2. The van der Waals surface area contributed by atoms with Crippen molar-refractivity contribution in [3.63, 3.8) is 0 Å². The van der Waals surface area contributed by atoms with E-state index < -0.39 is 0 Å². The molecule has 0 aliphatic heterocycles. The smallest absolute Gasteiger partial charge is 0.306 e. The van der Waals surface area contributed by atoms with Gasteiger partial charge in [-0.2, -0.15) is 0 Å². The van der Waals surface area contributed by atoms with Gasteiger partial charge >= 0.3 is 5.01 Å². The summed E-state index contributed by atoms with van der Waals surface area (Å²) in [5, 5.41) is 10.1. The third-order valence-corrected chi connectivity index (χ3v) is 6.51. The maximum atomic E-state index is 5.54. The van der Waals surface area contributed by atoms with Crippen molar-refractivity contribution in [1.29, 1.82) is 0 Å². The number of nitrogens with zero attached hydrogens (tertiary/aromatic N) is 2. The van der Waals surface area contributed by atoms with E-state index in [9.17, 15) is 0 Å². The first-order chi connectivity index (χ1) is 15.1. The Balaban J connectivity index is 0.00000289. The van der Waals surface area contributed by atoms with Gasteiger partial charge in [0.05, 0.1) is 19.8 Å². The van der Waals surface area contributed by atoms with Gasteiger partial charge in [-0.1, -0.05) is 37.3 Å². The number of aromatic nitrogens is 2. The lowest BCUT2D eigenvalue weighted by molar-refractivity contribution is -0.642. The molecule has 0 amide bonds. The molecule has 166 valence electrons. The Morgan fingerprint density at radius 1 is 0.969 bits per heavy atom. The minimum Gasteiger partial charge on any atom is -1.00 e. The van der Waals surface area contributed by atoms with Crippen LogP contribution < -0.4 is 31.9 Å². The summed E-state index contributed by atoms with van der Waals surface area (Å²) in [4.78, 5) is 0. The molecule has 0 aliphatic rings. The topological polar surface area (TPSA) is 47.3 Å². The molecular formula is C24H23BrClN3O2S. The highest BCUT2D eigenvalue weighted by Crippen LogP contribution is 2.40. The van der Waals surface area contributed by atoms with Crippen molar-refractivity contribution in [3.8, 4) is 27.8 Å². The van der Waals surface area contributed by atoms with Gasteiger partial charge in [0.15, 0.2) is 11.5 Å². The Hall–Kier alpha value is -2.61. The highest BCUT2D eigenvalue weighted by molar-refractivity contribution is 9.10. The van der Waals surface area contributed by atoms with Gasteiger partial charge in [0, 0.05) is 33.5 Å². The van der Waals surface area contributed by atoms with Crippen molar-refractivity contribution in [3.05, 3.63) is 76.8 Å². The number of aryl methyl sites for hydroxylation is 1. The van der Waals surface area contributed by atoms with Gasteiger partial charge in [0.2, 0.25) is 5.69 Å². The largest absolute Gasteiger partial charge is 1.00 e. The van der Waals surface area contributed by atoms with Crippen molar-refractivity contribution < 1.29 is 26.6 Å². The van der Waals surface area contributed by atoms with Crippen LogP contribution in [0.25, 0.3) is 16.3 Å². The van der Waals surface area contributed by atoms with Crippen LogP contribution in [0.15, 0.2) is 71.2 Å². The minimum absolute atomic E-state index is 0. The maximum Gasteiger partial charge on any atom is 0.306 e. The predicted molar refractivity (Wildman–Crippen MR) is 129 cm³/mol. The van der Waals surface area contributed by atoms with E-state index in [1.54, 1.807) is 25.6 Å². The lowest BCUT2D eigenvalue weighted by Crippen LogP contribution is -3.00. The summed E-state index contributed by atoms with van der Waals surface area (Å²) in [6.07, 6.45) is 1.02. The summed E-state index contributed by atoms with van der Waals surface area (Å²) >= 11 is 5.27. The Morgan fingerprint density at radius 2 is 1.62 bits per heavy atom. The van der Waals surface area contributed by atoms with Crippen LogP contribution in [0.1, 0.15) is 12.5 Å². The van der Waals surface area contributed by atoms with Crippen LogP contribution in [0.2, 0.25) is 0 Å².